The van der Waals surface area contributed by atoms with Gasteiger partial charge >= 0.3 is 0 Å². The Morgan fingerprint density at radius 2 is 1.11 bits per heavy atom. The van der Waals surface area contributed by atoms with E-state index in [1.54, 1.807) is 0 Å². The molecule has 7 aromatic carbocycles. The highest BCUT2D eigenvalue weighted by Crippen LogP contribution is 2.50. The summed E-state index contributed by atoms with van der Waals surface area (Å²) in [7, 11) is 0. The van der Waals surface area contributed by atoms with Crippen LogP contribution < -0.4 is 0 Å². The molecule has 0 saturated carbocycles. The maximum absolute atomic E-state index is 6.72. The van der Waals surface area contributed by atoms with Crippen LogP contribution in [0.4, 0.5) is 0 Å². The number of allylic oxidation sites excluding steroid dienone is 1. The van der Waals surface area contributed by atoms with Gasteiger partial charge in [0.05, 0.1) is 17.2 Å². The van der Waals surface area contributed by atoms with E-state index in [1.807, 2.05) is 24.3 Å². The molecule has 1 aliphatic heterocycles. The standard InChI is InChI=1S/C51H35NO3/c1-30-27-31(2)50(33-23-25-39-37-15-7-9-19-42(37)54-47(39)28-33)52-32(3)51(34-13-5-4-6-14-34,35-24-26-44-40(29-35)38-16-8-10-20-43(38)53-44)41-18-12-22-46-49(41)48-36(30)17-11-21-45(48)55-46/h4-26,28-29,32H,1-3H3/b52-50+. The molecule has 0 amide bonds. The number of hydrogen-bond donors (Lipinski definition) is 0. The highest BCUT2D eigenvalue weighted by Gasteiger charge is 2.44. The van der Waals surface area contributed by atoms with Crippen molar-refractivity contribution in [2.45, 2.75) is 32.2 Å². The largest absolute Gasteiger partial charge is 0.456 e. The Morgan fingerprint density at radius 1 is 0.491 bits per heavy atom. The number of aliphatic imine (C=N–C) groups is 1. The van der Waals surface area contributed by atoms with Crippen LogP contribution in [0.3, 0.4) is 0 Å². The second-order valence-electron chi connectivity index (χ2n) is 14.8. The Morgan fingerprint density at radius 3 is 1.91 bits per heavy atom. The van der Waals surface area contributed by atoms with Gasteiger partial charge in [-0.3, -0.25) is 4.99 Å². The monoisotopic (exact) mass is 709 g/mol. The van der Waals surface area contributed by atoms with Crippen molar-refractivity contribution < 1.29 is 13.3 Å². The summed E-state index contributed by atoms with van der Waals surface area (Å²) in [4.78, 5) is 5.87. The topological polar surface area (TPSA) is 51.8 Å². The maximum Gasteiger partial charge on any atom is 0.136 e. The fourth-order valence-electron chi connectivity index (χ4n) is 9.32. The Kier molecular flexibility index (Phi) is 6.80. The van der Waals surface area contributed by atoms with Crippen molar-refractivity contribution >= 4 is 77.1 Å². The van der Waals surface area contributed by atoms with E-state index >= 15 is 0 Å². The van der Waals surface area contributed by atoms with Gasteiger partial charge in [-0.1, -0.05) is 103 Å². The molecule has 4 nitrogen and oxygen atoms in total. The smallest absolute Gasteiger partial charge is 0.136 e. The molecule has 2 unspecified atom stereocenters. The van der Waals surface area contributed by atoms with Crippen molar-refractivity contribution in [2.24, 2.45) is 4.99 Å². The molecule has 0 radical (unpaired) electrons. The highest BCUT2D eigenvalue weighted by atomic mass is 16.3. The molecule has 0 aliphatic carbocycles. The van der Waals surface area contributed by atoms with E-state index in [9.17, 15) is 0 Å². The number of nitrogens with zero attached hydrogens (tertiary/aromatic N) is 1. The van der Waals surface area contributed by atoms with Crippen LogP contribution in [0.2, 0.25) is 0 Å². The number of furan rings is 3. The Bertz CT molecular complexity index is 3290. The van der Waals surface area contributed by atoms with Gasteiger partial charge in [-0.15, -0.1) is 5.73 Å². The normalized spacial score (nSPS) is 18.6. The molecule has 262 valence electrons. The molecule has 3 aromatic heterocycles. The van der Waals surface area contributed by atoms with Gasteiger partial charge in [0.15, 0.2) is 0 Å². The molecular weight excluding hydrogens is 675 g/mol. The van der Waals surface area contributed by atoms with Gasteiger partial charge in [-0.25, -0.2) is 0 Å². The average Bonchev–Trinajstić information content (AvgIpc) is 3.91. The molecule has 4 heteroatoms. The fourth-order valence-corrected chi connectivity index (χ4v) is 9.32. The van der Waals surface area contributed by atoms with Gasteiger partial charge in [-0.05, 0) is 97.1 Å². The maximum atomic E-state index is 6.72. The summed E-state index contributed by atoms with van der Waals surface area (Å²) in [6, 6.07) is 53.0. The molecule has 2 atom stereocenters. The van der Waals surface area contributed by atoms with Crippen LogP contribution in [-0.4, -0.2) is 11.8 Å². The zero-order chi connectivity index (χ0) is 36.8. The van der Waals surface area contributed by atoms with Crippen LogP contribution in [-0.2, 0) is 5.41 Å². The van der Waals surface area contributed by atoms with E-state index in [4.69, 9.17) is 18.2 Å². The van der Waals surface area contributed by atoms with Crippen molar-refractivity contribution in [3.05, 3.63) is 191 Å². The lowest BCUT2D eigenvalue weighted by Gasteiger charge is -2.40. The van der Waals surface area contributed by atoms with Crippen molar-refractivity contribution in [3.63, 3.8) is 0 Å². The van der Waals surface area contributed by atoms with Crippen LogP contribution in [0.25, 0.3) is 71.4 Å². The lowest BCUT2D eigenvalue weighted by Crippen LogP contribution is -2.40. The first-order valence-corrected chi connectivity index (χ1v) is 18.9. The van der Waals surface area contributed by atoms with E-state index in [-0.39, 0.29) is 6.04 Å². The third-order valence-electron chi connectivity index (χ3n) is 11.7. The highest BCUT2D eigenvalue weighted by molar-refractivity contribution is 6.17. The van der Waals surface area contributed by atoms with Crippen LogP contribution in [0, 0.1) is 0 Å². The number of rotatable bonds is 3. The molecule has 0 fully saturated rings. The first-order valence-electron chi connectivity index (χ1n) is 18.9. The summed E-state index contributed by atoms with van der Waals surface area (Å²) in [5.41, 5.74) is 16.4. The quantitative estimate of drug-likeness (QED) is 0.172. The molecule has 55 heavy (non-hydrogen) atoms. The van der Waals surface area contributed by atoms with E-state index in [0.717, 1.165) is 110 Å². The summed E-state index contributed by atoms with van der Waals surface area (Å²) in [5, 5.41) is 6.52. The summed E-state index contributed by atoms with van der Waals surface area (Å²) in [6.07, 6.45) is 0. The lowest BCUT2D eigenvalue weighted by molar-refractivity contribution is 0.512. The number of benzene rings is 7. The van der Waals surface area contributed by atoms with Gasteiger partial charge in [0.1, 0.15) is 33.5 Å². The van der Waals surface area contributed by atoms with Crippen LogP contribution in [0.15, 0.2) is 181 Å². The lowest BCUT2D eigenvalue weighted by atomic mass is 9.64. The van der Waals surface area contributed by atoms with E-state index in [0.29, 0.717) is 0 Å². The third-order valence-corrected chi connectivity index (χ3v) is 11.7. The molecular formula is C51H35NO3. The Balaban J connectivity index is 1.31. The second-order valence-corrected chi connectivity index (χ2v) is 14.8. The Labute approximate surface area is 317 Å². The van der Waals surface area contributed by atoms with Crippen molar-refractivity contribution in [1.29, 1.82) is 0 Å². The SMILES string of the molecule is CC1=C=C(C)c2cccc3oc4cccc(c4c23)C(c2ccccc2)(c2ccc3oc4ccccc4c3c2)C(C)/N=C\1c1ccc2c(c1)oc1ccccc12. The van der Waals surface area contributed by atoms with E-state index in [2.05, 4.69) is 154 Å². The predicted octanol–water partition coefficient (Wildman–Crippen LogP) is 13.6. The number of hydrogen-bond acceptors (Lipinski definition) is 4. The van der Waals surface area contributed by atoms with Gasteiger partial charge in [-0.2, -0.15) is 0 Å². The summed E-state index contributed by atoms with van der Waals surface area (Å²) in [6.45, 7) is 6.53. The zero-order valence-electron chi connectivity index (χ0n) is 30.7. The second kappa shape index (κ2) is 11.8. The van der Waals surface area contributed by atoms with Gasteiger partial charge in [0.2, 0.25) is 0 Å². The first kappa shape index (κ1) is 31.6. The molecule has 11 rings (SSSR count). The van der Waals surface area contributed by atoms with E-state index < -0.39 is 5.41 Å². The minimum Gasteiger partial charge on any atom is -0.456 e. The molecule has 0 spiro atoms. The number of para-hydroxylation sites is 2. The summed E-state index contributed by atoms with van der Waals surface area (Å²) in [5.74, 6) is 0. The predicted molar refractivity (Wildman–Crippen MR) is 225 cm³/mol. The van der Waals surface area contributed by atoms with Crippen LogP contribution >= 0.6 is 0 Å². The average molecular weight is 710 g/mol. The van der Waals surface area contributed by atoms with Crippen molar-refractivity contribution in [3.8, 4) is 0 Å². The van der Waals surface area contributed by atoms with E-state index in [1.165, 1.54) is 0 Å². The molecule has 0 bridgehead atoms. The Hall–Kier alpha value is -6.87. The van der Waals surface area contributed by atoms with Gasteiger partial charge in [0.25, 0.3) is 0 Å². The minimum absolute atomic E-state index is 0.329. The van der Waals surface area contributed by atoms with Crippen LogP contribution in [0.5, 0.6) is 0 Å². The zero-order valence-corrected chi connectivity index (χ0v) is 30.7. The third kappa shape index (κ3) is 4.56. The molecule has 10 aromatic rings. The van der Waals surface area contributed by atoms with Gasteiger partial charge in [0, 0.05) is 43.5 Å². The van der Waals surface area contributed by atoms with Gasteiger partial charge < -0.3 is 13.3 Å². The summed E-state index contributed by atoms with van der Waals surface area (Å²) >= 11 is 0. The fraction of sp³-hybridized carbons (Fsp3) is 0.0980. The summed E-state index contributed by atoms with van der Waals surface area (Å²) < 4.78 is 19.5. The van der Waals surface area contributed by atoms with Crippen LogP contribution in [0.1, 0.15) is 48.6 Å². The first-order chi connectivity index (χ1) is 27.0. The number of fused-ring (bicyclic) bond motifs is 6. The molecule has 1 aliphatic rings. The molecule has 4 heterocycles. The van der Waals surface area contributed by atoms with Crippen molar-refractivity contribution in [2.75, 3.05) is 0 Å². The van der Waals surface area contributed by atoms with Crippen molar-refractivity contribution in [1.82, 2.24) is 0 Å². The molecule has 0 saturated heterocycles. The molecule has 0 N–H and O–H groups in total. The minimum atomic E-state index is -0.787.